The maximum Gasteiger partial charge on any atom is 0.126 e. The van der Waals surface area contributed by atoms with Crippen LogP contribution in [0.2, 0.25) is 0 Å². The molecule has 0 aliphatic rings. The van der Waals surface area contributed by atoms with Crippen molar-refractivity contribution >= 4 is 0 Å². The molecule has 0 atom stereocenters. The zero-order valence-electron chi connectivity index (χ0n) is 11.5. The van der Waals surface area contributed by atoms with Gasteiger partial charge in [-0.2, -0.15) is 0 Å². The van der Waals surface area contributed by atoms with E-state index in [2.05, 4.69) is 17.3 Å². The molecule has 18 heavy (non-hydrogen) atoms. The monoisotopic (exact) mass is 254 g/mol. The topological polar surface area (TPSA) is 24.5 Å². The highest BCUT2D eigenvalue weighted by molar-refractivity contribution is 5.23. The Bertz CT molecular complexity index is 358. The van der Waals surface area contributed by atoms with Gasteiger partial charge in [0.25, 0.3) is 0 Å². The van der Waals surface area contributed by atoms with Crippen LogP contribution in [0, 0.1) is 12.7 Å². The van der Waals surface area contributed by atoms with Crippen LogP contribution < -0.4 is 5.32 Å². The van der Waals surface area contributed by atoms with E-state index < -0.39 is 0 Å². The number of hydrogen-bond acceptors (Lipinski definition) is 3. The molecule has 1 rings (SSSR count). The lowest BCUT2D eigenvalue weighted by Gasteiger charge is -2.16. The first-order valence-electron chi connectivity index (χ1n) is 6.26. The number of likely N-dealkylation sites (N-methyl/N-ethyl adjacent to an activating group) is 1. The fourth-order valence-corrected chi connectivity index (χ4v) is 1.68. The van der Waals surface area contributed by atoms with Crippen molar-refractivity contribution in [1.29, 1.82) is 0 Å². The van der Waals surface area contributed by atoms with Gasteiger partial charge in [0.1, 0.15) is 5.82 Å². The van der Waals surface area contributed by atoms with Gasteiger partial charge in [0.05, 0.1) is 6.61 Å². The summed E-state index contributed by atoms with van der Waals surface area (Å²) >= 11 is 0. The second kappa shape index (κ2) is 8.19. The largest absolute Gasteiger partial charge is 0.383 e. The first-order valence-corrected chi connectivity index (χ1v) is 6.26. The second-order valence-corrected chi connectivity index (χ2v) is 4.56. The molecule has 0 bridgehead atoms. The molecule has 0 radical (unpaired) electrons. The third-order valence-corrected chi connectivity index (χ3v) is 2.90. The van der Waals surface area contributed by atoms with Crippen molar-refractivity contribution in [2.24, 2.45) is 0 Å². The lowest BCUT2D eigenvalue weighted by Crippen LogP contribution is -2.31. The second-order valence-electron chi connectivity index (χ2n) is 4.56. The molecular weight excluding hydrogens is 231 g/mol. The van der Waals surface area contributed by atoms with Gasteiger partial charge >= 0.3 is 0 Å². The highest BCUT2D eigenvalue weighted by Gasteiger charge is 2.00. The predicted octanol–water partition coefficient (Wildman–Crippen LogP) is 1.80. The first-order chi connectivity index (χ1) is 8.63. The number of hydrogen-bond donors (Lipinski definition) is 1. The van der Waals surface area contributed by atoms with E-state index in [-0.39, 0.29) is 5.82 Å². The molecule has 0 aromatic heterocycles. The zero-order chi connectivity index (χ0) is 13.4. The van der Waals surface area contributed by atoms with Gasteiger partial charge in [-0.05, 0) is 31.2 Å². The number of nitrogens with zero attached hydrogens (tertiary/aromatic N) is 1. The van der Waals surface area contributed by atoms with E-state index in [0.717, 1.165) is 38.3 Å². The van der Waals surface area contributed by atoms with Gasteiger partial charge in [0, 0.05) is 33.3 Å². The summed E-state index contributed by atoms with van der Waals surface area (Å²) in [6, 6.07) is 5.23. The number of rotatable bonds is 8. The summed E-state index contributed by atoms with van der Waals surface area (Å²) in [4.78, 5) is 2.21. The van der Waals surface area contributed by atoms with Crippen LogP contribution in [-0.2, 0) is 11.3 Å². The lowest BCUT2D eigenvalue weighted by molar-refractivity contribution is 0.161. The van der Waals surface area contributed by atoms with E-state index in [9.17, 15) is 4.39 Å². The third kappa shape index (κ3) is 5.58. The smallest absolute Gasteiger partial charge is 0.126 e. The van der Waals surface area contributed by atoms with Gasteiger partial charge in [-0.25, -0.2) is 4.39 Å². The van der Waals surface area contributed by atoms with Crippen molar-refractivity contribution in [3.05, 3.63) is 35.1 Å². The molecule has 0 fully saturated rings. The van der Waals surface area contributed by atoms with Crippen LogP contribution in [0.3, 0.4) is 0 Å². The summed E-state index contributed by atoms with van der Waals surface area (Å²) in [6.07, 6.45) is 0. The van der Waals surface area contributed by atoms with Gasteiger partial charge in [-0.3, -0.25) is 0 Å². The minimum atomic E-state index is -0.141. The minimum Gasteiger partial charge on any atom is -0.383 e. The van der Waals surface area contributed by atoms with E-state index in [1.165, 1.54) is 6.07 Å². The van der Waals surface area contributed by atoms with E-state index in [1.54, 1.807) is 14.0 Å². The molecule has 0 amide bonds. The van der Waals surface area contributed by atoms with E-state index >= 15 is 0 Å². The number of aryl methyl sites for hydroxylation is 1. The highest BCUT2D eigenvalue weighted by Crippen LogP contribution is 2.08. The van der Waals surface area contributed by atoms with Gasteiger partial charge in [0.2, 0.25) is 0 Å². The first kappa shape index (κ1) is 15.1. The van der Waals surface area contributed by atoms with E-state index in [1.807, 2.05) is 12.1 Å². The molecule has 1 aromatic rings. The average Bonchev–Trinajstić information content (AvgIpc) is 2.36. The Labute approximate surface area is 109 Å². The summed E-state index contributed by atoms with van der Waals surface area (Å²) in [5.41, 5.74) is 1.82. The van der Waals surface area contributed by atoms with Crippen LogP contribution in [0.5, 0.6) is 0 Å². The number of halogens is 1. The fraction of sp³-hybridized carbons (Fsp3) is 0.571. The van der Waals surface area contributed by atoms with E-state index in [4.69, 9.17) is 4.74 Å². The van der Waals surface area contributed by atoms with Gasteiger partial charge < -0.3 is 15.0 Å². The number of benzene rings is 1. The third-order valence-electron chi connectivity index (χ3n) is 2.90. The summed E-state index contributed by atoms with van der Waals surface area (Å²) < 4.78 is 18.1. The Morgan fingerprint density at radius 1 is 1.33 bits per heavy atom. The molecule has 0 spiro atoms. The molecular formula is C14H23FN2O. The Kier molecular flexibility index (Phi) is 6.86. The standard InChI is InChI=1S/C14H23FN2O/c1-12-10-13(4-5-14(12)15)11-16-6-7-17(2)8-9-18-3/h4-5,10,16H,6-9,11H2,1-3H3. The Morgan fingerprint density at radius 2 is 2.11 bits per heavy atom. The van der Waals surface area contributed by atoms with Crippen molar-refractivity contribution in [3.63, 3.8) is 0 Å². The zero-order valence-corrected chi connectivity index (χ0v) is 11.5. The van der Waals surface area contributed by atoms with Gasteiger partial charge in [-0.1, -0.05) is 12.1 Å². The summed E-state index contributed by atoms with van der Waals surface area (Å²) in [5.74, 6) is -0.141. The van der Waals surface area contributed by atoms with Crippen molar-refractivity contribution in [1.82, 2.24) is 10.2 Å². The van der Waals surface area contributed by atoms with Gasteiger partial charge in [-0.15, -0.1) is 0 Å². The molecule has 4 heteroatoms. The molecule has 102 valence electrons. The maximum atomic E-state index is 13.1. The maximum absolute atomic E-state index is 13.1. The number of ether oxygens (including phenoxy) is 1. The van der Waals surface area contributed by atoms with Crippen molar-refractivity contribution in [2.75, 3.05) is 40.4 Å². The molecule has 0 aliphatic carbocycles. The molecule has 1 N–H and O–H groups in total. The SMILES string of the molecule is COCCN(C)CCNCc1ccc(F)c(C)c1. The van der Waals surface area contributed by atoms with Crippen LogP contribution in [0.25, 0.3) is 0 Å². The highest BCUT2D eigenvalue weighted by atomic mass is 19.1. The summed E-state index contributed by atoms with van der Waals surface area (Å²) in [6.45, 7) is 6.15. The van der Waals surface area contributed by atoms with Crippen molar-refractivity contribution in [3.8, 4) is 0 Å². The summed E-state index contributed by atoms with van der Waals surface area (Å²) in [7, 11) is 3.78. The van der Waals surface area contributed by atoms with Crippen molar-refractivity contribution < 1.29 is 9.13 Å². The number of methoxy groups -OCH3 is 1. The average molecular weight is 254 g/mol. The lowest BCUT2D eigenvalue weighted by atomic mass is 10.1. The Hall–Kier alpha value is -0.970. The normalized spacial score (nSPS) is 11.2. The van der Waals surface area contributed by atoms with Crippen LogP contribution in [0.15, 0.2) is 18.2 Å². The van der Waals surface area contributed by atoms with Gasteiger partial charge in [0.15, 0.2) is 0 Å². The van der Waals surface area contributed by atoms with Crippen LogP contribution in [0.1, 0.15) is 11.1 Å². The Morgan fingerprint density at radius 3 is 2.78 bits per heavy atom. The number of nitrogens with one attached hydrogen (secondary N) is 1. The minimum absolute atomic E-state index is 0.141. The van der Waals surface area contributed by atoms with Crippen LogP contribution in [-0.4, -0.2) is 45.3 Å². The van der Waals surface area contributed by atoms with E-state index in [0.29, 0.717) is 5.56 Å². The molecule has 3 nitrogen and oxygen atoms in total. The quantitative estimate of drug-likeness (QED) is 0.716. The molecule has 0 saturated carbocycles. The fourth-order valence-electron chi connectivity index (χ4n) is 1.68. The van der Waals surface area contributed by atoms with Crippen LogP contribution in [0.4, 0.5) is 4.39 Å². The summed E-state index contributed by atoms with van der Waals surface area (Å²) in [5, 5.41) is 3.35. The predicted molar refractivity (Wildman–Crippen MR) is 72.2 cm³/mol. The molecule has 0 heterocycles. The molecule has 0 unspecified atom stereocenters. The molecule has 0 saturated heterocycles. The van der Waals surface area contributed by atoms with Crippen LogP contribution >= 0.6 is 0 Å². The molecule has 0 aliphatic heterocycles. The Balaban J connectivity index is 2.19. The molecule has 1 aromatic carbocycles. The van der Waals surface area contributed by atoms with Crippen molar-refractivity contribution in [2.45, 2.75) is 13.5 Å².